The van der Waals surface area contributed by atoms with E-state index in [2.05, 4.69) is 0 Å². The third-order valence-electron chi connectivity index (χ3n) is 1.62. The normalized spacial score (nSPS) is 9.81. The van der Waals surface area contributed by atoms with Gasteiger partial charge in [0.1, 0.15) is 0 Å². The third kappa shape index (κ3) is 1.89. The number of halogens is 1. The molecule has 16 heavy (non-hydrogen) atoms. The zero-order chi connectivity index (χ0) is 12.5. The van der Waals surface area contributed by atoms with Crippen LogP contribution in [0.3, 0.4) is 0 Å². The summed E-state index contributed by atoms with van der Waals surface area (Å²) in [5, 5.41) is 30.9. The maximum atomic E-state index is 13.1. The largest absolute Gasteiger partial charge is 0.318 e. The number of nitrogens with zero attached hydrogens (tertiary/aromatic N) is 3. The molecule has 0 aliphatic rings. The van der Waals surface area contributed by atoms with Gasteiger partial charge in [0.25, 0.3) is 11.5 Å². The van der Waals surface area contributed by atoms with Crippen molar-refractivity contribution in [3.05, 3.63) is 48.3 Å². The monoisotopic (exact) mass is 231 g/mol. The van der Waals surface area contributed by atoms with Gasteiger partial charge in [0, 0.05) is 0 Å². The summed E-state index contributed by atoms with van der Waals surface area (Å²) in [6, 6.07) is 0.644. The van der Waals surface area contributed by atoms with Gasteiger partial charge in [-0.1, -0.05) is 0 Å². The second kappa shape index (κ2) is 3.84. The van der Waals surface area contributed by atoms with Gasteiger partial charge in [-0.25, -0.2) is 0 Å². The van der Waals surface area contributed by atoms with Crippen molar-refractivity contribution < 1.29 is 19.2 Å². The third-order valence-corrected chi connectivity index (χ3v) is 1.62. The Kier molecular flexibility index (Phi) is 2.74. The number of benzene rings is 1. The predicted molar refractivity (Wildman–Crippen MR) is 46.4 cm³/mol. The standard InChI is InChI=1S/C6H2FN3O6/c7-6-4(9(13)14)1-3(8(11)12)2-5(6)10(15)16/h1-2H. The molecule has 1 rings (SSSR count). The van der Waals surface area contributed by atoms with Crippen LogP contribution in [0, 0.1) is 36.2 Å². The zero-order valence-electron chi connectivity index (χ0n) is 7.32. The van der Waals surface area contributed by atoms with Crippen LogP contribution in [-0.2, 0) is 0 Å². The highest BCUT2D eigenvalue weighted by Crippen LogP contribution is 2.31. The van der Waals surface area contributed by atoms with Crippen LogP contribution in [0.2, 0.25) is 0 Å². The Morgan fingerprint density at radius 3 is 1.50 bits per heavy atom. The number of nitro benzene ring substituents is 3. The Labute approximate surface area is 85.6 Å². The van der Waals surface area contributed by atoms with Gasteiger partial charge in [-0.15, -0.1) is 0 Å². The van der Waals surface area contributed by atoms with Crippen LogP contribution >= 0.6 is 0 Å². The summed E-state index contributed by atoms with van der Waals surface area (Å²) in [7, 11) is 0. The lowest BCUT2D eigenvalue weighted by atomic mass is 10.2. The van der Waals surface area contributed by atoms with E-state index in [-0.39, 0.29) is 0 Å². The van der Waals surface area contributed by atoms with E-state index in [0.29, 0.717) is 12.1 Å². The van der Waals surface area contributed by atoms with Crippen LogP contribution in [-0.4, -0.2) is 14.8 Å². The maximum Gasteiger partial charge on any atom is 0.318 e. The molecule has 0 aliphatic carbocycles. The molecule has 0 aromatic heterocycles. The molecule has 0 heterocycles. The van der Waals surface area contributed by atoms with Gasteiger partial charge in [-0.3, -0.25) is 30.3 Å². The van der Waals surface area contributed by atoms with Crippen molar-refractivity contribution in [2.24, 2.45) is 0 Å². The summed E-state index contributed by atoms with van der Waals surface area (Å²) < 4.78 is 13.1. The van der Waals surface area contributed by atoms with Crippen molar-refractivity contribution >= 4 is 17.1 Å². The number of rotatable bonds is 3. The molecule has 1 aromatic carbocycles. The van der Waals surface area contributed by atoms with Crippen LogP contribution in [0.5, 0.6) is 0 Å². The molecule has 84 valence electrons. The number of hydrogen-bond donors (Lipinski definition) is 0. The summed E-state index contributed by atoms with van der Waals surface area (Å²) in [5.41, 5.74) is -3.53. The highest BCUT2D eigenvalue weighted by Gasteiger charge is 2.30. The molecular formula is C6H2FN3O6. The van der Waals surface area contributed by atoms with E-state index in [4.69, 9.17) is 0 Å². The quantitative estimate of drug-likeness (QED) is 0.572. The molecule has 0 N–H and O–H groups in total. The number of non-ortho nitro benzene ring substituents is 1. The lowest BCUT2D eigenvalue weighted by Crippen LogP contribution is -2.00. The topological polar surface area (TPSA) is 129 Å². The van der Waals surface area contributed by atoms with Crippen molar-refractivity contribution in [2.75, 3.05) is 0 Å². The minimum Gasteiger partial charge on any atom is -0.258 e. The molecule has 0 fully saturated rings. The van der Waals surface area contributed by atoms with Crippen LogP contribution in [0.4, 0.5) is 21.5 Å². The first-order valence-corrected chi connectivity index (χ1v) is 3.61. The summed E-state index contributed by atoms with van der Waals surface area (Å²) >= 11 is 0. The second-order valence-electron chi connectivity index (χ2n) is 2.57. The van der Waals surface area contributed by atoms with E-state index in [9.17, 15) is 34.7 Å². The fraction of sp³-hybridized carbons (Fsp3) is 0. The first-order chi connectivity index (χ1) is 7.34. The molecule has 0 bridgehead atoms. The molecule has 0 radical (unpaired) electrons. The van der Waals surface area contributed by atoms with Crippen molar-refractivity contribution in [1.29, 1.82) is 0 Å². The molecule has 10 heteroatoms. The summed E-state index contributed by atoms with van der Waals surface area (Å²) in [6.45, 7) is 0. The van der Waals surface area contributed by atoms with Gasteiger partial charge in [0.15, 0.2) is 0 Å². The predicted octanol–water partition coefficient (Wildman–Crippen LogP) is 1.55. The van der Waals surface area contributed by atoms with Crippen molar-refractivity contribution in [1.82, 2.24) is 0 Å². The second-order valence-corrected chi connectivity index (χ2v) is 2.57. The lowest BCUT2D eigenvalue weighted by Gasteiger charge is -1.96. The van der Waals surface area contributed by atoms with Crippen molar-refractivity contribution in [3.8, 4) is 0 Å². The van der Waals surface area contributed by atoms with E-state index in [1.165, 1.54) is 0 Å². The van der Waals surface area contributed by atoms with Crippen molar-refractivity contribution in [3.63, 3.8) is 0 Å². The van der Waals surface area contributed by atoms with E-state index in [1.54, 1.807) is 0 Å². The first kappa shape index (κ1) is 11.4. The minimum atomic E-state index is -1.71. The molecule has 0 amide bonds. The highest BCUT2D eigenvalue weighted by molar-refractivity contribution is 5.54. The Morgan fingerprint density at radius 2 is 1.25 bits per heavy atom. The Bertz CT molecular complexity index is 466. The van der Waals surface area contributed by atoms with Crippen molar-refractivity contribution in [2.45, 2.75) is 0 Å². The minimum absolute atomic E-state index is 0.322. The van der Waals surface area contributed by atoms with Crippen LogP contribution in [0.15, 0.2) is 12.1 Å². The van der Waals surface area contributed by atoms with Crippen LogP contribution < -0.4 is 0 Å². The lowest BCUT2D eigenvalue weighted by molar-refractivity contribution is -0.406. The molecule has 0 saturated heterocycles. The average molecular weight is 231 g/mol. The smallest absolute Gasteiger partial charge is 0.258 e. The van der Waals surface area contributed by atoms with Crippen LogP contribution in [0.1, 0.15) is 0 Å². The zero-order valence-corrected chi connectivity index (χ0v) is 7.32. The average Bonchev–Trinajstić information content (AvgIpc) is 2.16. The molecular weight excluding hydrogens is 229 g/mol. The molecule has 1 aromatic rings. The highest BCUT2D eigenvalue weighted by atomic mass is 19.1. The molecule has 0 spiro atoms. The Balaban J connectivity index is 3.57. The van der Waals surface area contributed by atoms with E-state index >= 15 is 0 Å². The van der Waals surface area contributed by atoms with E-state index in [0.717, 1.165) is 0 Å². The van der Waals surface area contributed by atoms with E-state index < -0.39 is 37.6 Å². The van der Waals surface area contributed by atoms with Gasteiger partial charge in [-0.05, 0) is 0 Å². The Hall–Kier alpha value is -2.65. The van der Waals surface area contributed by atoms with Gasteiger partial charge >= 0.3 is 11.4 Å². The first-order valence-electron chi connectivity index (χ1n) is 3.61. The van der Waals surface area contributed by atoms with Gasteiger partial charge < -0.3 is 0 Å². The molecule has 9 nitrogen and oxygen atoms in total. The fourth-order valence-corrected chi connectivity index (χ4v) is 0.951. The van der Waals surface area contributed by atoms with Gasteiger partial charge in [0.2, 0.25) is 0 Å². The fourth-order valence-electron chi connectivity index (χ4n) is 0.951. The SMILES string of the molecule is O=[N+]([O-])c1cc([N+](=O)[O-])c(F)c([N+](=O)[O-])c1. The van der Waals surface area contributed by atoms with Crippen LogP contribution in [0.25, 0.3) is 0 Å². The number of hydrogen-bond acceptors (Lipinski definition) is 6. The number of nitro groups is 3. The van der Waals surface area contributed by atoms with Gasteiger partial charge in [0.05, 0.1) is 26.9 Å². The molecule has 0 saturated carbocycles. The molecule has 0 atom stereocenters. The molecule has 0 unspecified atom stereocenters. The summed E-state index contributed by atoms with van der Waals surface area (Å²) in [5.74, 6) is -1.71. The summed E-state index contributed by atoms with van der Waals surface area (Å²) in [4.78, 5) is 27.3. The maximum absolute atomic E-state index is 13.1. The summed E-state index contributed by atoms with van der Waals surface area (Å²) in [6.07, 6.45) is 0. The molecule has 0 aliphatic heterocycles. The Morgan fingerprint density at radius 1 is 0.875 bits per heavy atom. The van der Waals surface area contributed by atoms with E-state index in [1.807, 2.05) is 0 Å². The van der Waals surface area contributed by atoms with Gasteiger partial charge in [-0.2, -0.15) is 4.39 Å².